The first-order valence-electron chi connectivity index (χ1n) is 6.16. The van der Waals surface area contributed by atoms with E-state index in [1.54, 1.807) is 6.92 Å². The molecule has 2 N–H and O–H groups in total. The van der Waals surface area contributed by atoms with Gasteiger partial charge in [-0.2, -0.15) is 5.10 Å². The molecule has 19 heavy (non-hydrogen) atoms. The van der Waals surface area contributed by atoms with Crippen LogP contribution in [0.25, 0.3) is 0 Å². The van der Waals surface area contributed by atoms with E-state index >= 15 is 0 Å². The molecule has 0 aliphatic heterocycles. The SMILES string of the molecule is CCOC(=O)c1cn[nH]c1S(=O)(=O)NCC1CC1C. The zero-order chi connectivity index (χ0) is 14.0. The third-order valence-electron chi connectivity index (χ3n) is 3.18. The van der Waals surface area contributed by atoms with Crippen LogP contribution in [0, 0.1) is 11.8 Å². The molecule has 0 aromatic carbocycles. The molecule has 2 rings (SSSR count). The maximum absolute atomic E-state index is 12.1. The van der Waals surface area contributed by atoms with Crippen molar-refractivity contribution in [2.45, 2.75) is 25.3 Å². The molecule has 2 unspecified atom stereocenters. The van der Waals surface area contributed by atoms with Crippen LogP contribution in [-0.4, -0.2) is 37.7 Å². The van der Waals surface area contributed by atoms with Crippen LogP contribution in [0.2, 0.25) is 0 Å². The number of aromatic amines is 1. The largest absolute Gasteiger partial charge is 0.462 e. The summed E-state index contributed by atoms with van der Waals surface area (Å²) in [5.41, 5.74) is -0.0711. The fourth-order valence-corrected chi connectivity index (χ4v) is 2.98. The van der Waals surface area contributed by atoms with Crippen LogP contribution in [0.5, 0.6) is 0 Å². The Labute approximate surface area is 111 Å². The van der Waals surface area contributed by atoms with Gasteiger partial charge in [-0.15, -0.1) is 0 Å². The Morgan fingerprint density at radius 3 is 2.89 bits per heavy atom. The van der Waals surface area contributed by atoms with Gasteiger partial charge in [-0.1, -0.05) is 6.92 Å². The summed E-state index contributed by atoms with van der Waals surface area (Å²) in [4.78, 5) is 11.6. The number of carbonyl (C=O) groups excluding carboxylic acids is 1. The van der Waals surface area contributed by atoms with Crippen molar-refractivity contribution in [3.63, 3.8) is 0 Å². The molecule has 106 valence electrons. The molecule has 1 aromatic heterocycles. The van der Waals surface area contributed by atoms with E-state index in [9.17, 15) is 13.2 Å². The first-order valence-corrected chi connectivity index (χ1v) is 7.64. The first kappa shape index (κ1) is 14.0. The van der Waals surface area contributed by atoms with Crippen LogP contribution < -0.4 is 4.72 Å². The van der Waals surface area contributed by atoms with Crippen LogP contribution in [-0.2, 0) is 14.8 Å². The Morgan fingerprint density at radius 2 is 2.32 bits per heavy atom. The van der Waals surface area contributed by atoms with Gasteiger partial charge in [-0.05, 0) is 25.2 Å². The van der Waals surface area contributed by atoms with Crippen molar-refractivity contribution in [1.29, 1.82) is 0 Å². The summed E-state index contributed by atoms with van der Waals surface area (Å²) in [6, 6.07) is 0. The Bertz CT molecular complexity index is 566. The average molecular weight is 287 g/mol. The minimum Gasteiger partial charge on any atom is -0.462 e. The van der Waals surface area contributed by atoms with Gasteiger partial charge < -0.3 is 4.74 Å². The number of sulfonamides is 1. The van der Waals surface area contributed by atoms with E-state index in [4.69, 9.17) is 4.74 Å². The van der Waals surface area contributed by atoms with Gasteiger partial charge in [0.2, 0.25) is 0 Å². The molecule has 0 amide bonds. The minimum absolute atomic E-state index is 0.0711. The van der Waals surface area contributed by atoms with Crippen LogP contribution >= 0.6 is 0 Å². The minimum atomic E-state index is -3.76. The number of H-pyrrole nitrogens is 1. The highest BCUT2D eigenvalue weighted by molar-refractivity contribution is 7.89. The molecule has 0 spiro atoms. The zero-order valence-corrected chi connectivity index (χ0v) is 11.7. The number of rotatable bonds is 6. The van der Waals surface area contributed by atoms with Gasteiger partial charge in [0.25, 0.3) is 10.0 Å². The Kier molecular flexibility index (Phi) is 3.91. The average Bonchev–Trinajstić information content (AvgIpc) is 2.87. The highest BCUT2D eigenvalue weighted by atomic mass is 32.2. The molecule has 1 aliphatic rings. The van der Waals surface area contributed by atoms with Crippen LogP contribution in [0.15, 0.2) is 11.2 Å². The van der Waals surface area contributed by atoms with Crippen molar-refractivity contribution >= 4 is 16.0 Å². The summed E-state index contributed by atoms with van der Waals surface area (Å²) >= 11 is 0. The number of nitrogens with zero attached hydrogens (tertiary/aromatic N) is 1. The topological polar surface area (TPSA) is 101 Å². The normalized spacial score (nSPS) is 22.2. The fraction of sp³-hybridized carbons (Fsp3) is 0.636. The molecule has 1 fully saturated rings. The summed E-state index contributed by atoms with van der Waals surface area (Å²) in [7, 11) is -3.76. The van der Waals surface area contributed by atoms with Crippen LogP contribution in [0.1, 0.15) is 30.6 Å². The summed E-state index contributed by atoms with van der Waals surface area (Å²) in [6.45, 7) is 4.28. The smallest absolute Gasteiger partial charge is 0.342 e. The molecule has 0 radical (unpaired) electrons. The van der Waals surface area contributed by atoms with Gasteiger partial charge in [-0.25, -0.2) is 17.9 Å². The lowest BCUT2D eigenvalue weighted by atomic mass is 10.3. The molecule has 8 heteroatoms. The van der Waals surface area contributed by atoms with E-state index in [2.05, 4.69) is 21.8 Å². The standard InChI is InChI=1S/C11H17N3O4S/c1-3-18-11(15)9-6-12-14-10(9)19(16,17)13-5-8-4-7(8)2/h6-8,13H,3-5H2,1-2H3,(H,12,14). The summed E-state index contributed by atoms with van der Waals surface area (Å²) < 4.78 is 31.4. The third kappa shape index (κ3) is 3.13. The number of carbonyl (C=O) groups is 1. The Morgan fingerprint density at radius 1 is 1.63 bits per heavy atom. The predicted molar refractivity (Wildman–Crippen MR) is 67.0 cm³/mol. The Balaban J connectivity index is 2.11. The lowest BCUT2D eigenvalue weighted by molar-refractivity contribution is 0.0522. The van der Waals surface area contributed by atoms with Gasteiger partial charge >= 0.3 is 5.97 Å². The second-order valence-corrected chi connectivity index (χ2v) is 6.36. The molecule has 2 atom stereocenters. The second-order valence-electron chi connectivity index (χ2n) is 4.66. The van der Waals surface area contributed by atoms with Crippen molar-refractivity contribution in [2.75, 3.05) is 13.2 Å². The van der Waals surface area contributed by atoms with Crippen LogP contribution in [0.3, 0.4) is 0 Å². The first-order chi connectivity index (χ1) is 8.95. The summed E-state index contributed by atoms with van der Waals surface area (Å²) in [5.74, 6) is 0.231. The number of nitrogens with one attached hydrogen (secondary N) is 2. The second kappa shape index (κ2) is 5.30. The van der Waals surface area contributed by atoms with Gasteiger partial charge in [0, 0.05) is 6.54 Å². The molecule has 0 saturated heterocycles. The van der Waals surface area contributed by atoms with Gasteiger partial charge in [0.15, 0.2) is 5.03 Å². The van der Waals surface area contributed by atoms with Crippen molar-refractivity contribution < 1.29 is 17.9 Å². The fourth-order valence-electron chi connectivity index (χ4n) is 1.81. The van der Waals surface area contributed by atoms with Gasteiger partial charge in [0.05, 0.1) is 12.8 Å². The number of hydrogen-bond acceptors (Lipinski definition) is 5. The molecule has 7 nitrogen and oxygen atoms in total. The monoisotopic (exact) mass is 287 g/mol. The highest BCUT2D eigenvalue weighted by Gasteiger charge is 2.34. The number of aromatic nitrogens is 2. The van der Waals surface area contributed by atoms with Gasteiger partial charge in [-0.3, -0.25) is 5.10 Å². The molecule has 1 heterocycles. The number of esters is 1. The molecular weight excluding hydrogens is 270 g/mol. The lowest BCUT2D eigenvalue weighted by Crippen LogP contribution is -2.28. The van der Waals surface area contributed by atoms with Crippen LogP contribution in [0.4, 0.5) is 0 Å². The van der Waals surface area contributed by atoms with Crippen molar-refractivity contribution in [2.24, 2.45) is 11.8 Å². The van der Waals surface area contributed by atoms with Gasteiger partial charge in [0.1, 0.15) is 5.56 Å². The molecule has 1 aliphatic carbocycles. The van der Waals surface area contributed by atoms with Crippen molar-refractivity contribution in [1.82, 2.24) is 14.9 Å². The van der Waals surface area contributed by atoms with Crippen molar-refractivity contribution in [3.8, 4) is 0 Å². The number of ether oxygens (including phenoxy) is 1. The molecule has 1 aromatic rings. The van der Waals surface area contributed by atoms with E-state index in [0.717, 1.165) is 12.6 Å². The summed E-state index contributed by atoms with van der Waals surface area (Å²) in [5, 5.41) is 5.71. The predicted octanol–water partition coefficient (Wildman–Crippen LogP) is 0.521. The van der Waals surface area contributed by atoms with E-state index in [-0.39, 0.29) is 17.2 Å². The maximum Gasteiger partial charge on any atom is 0.342 e. The van der Waals surface area contributed by atoms with E-state index < -0.39 is 16.0 Å². The lowest BCUT2D eigenvalue weighted by Gasteiger charge is -2.06. The molecular formula is C11H17N3O4S. The number of hydrogen-bond donors (Lipinski definition) is 2. The maximum atomic E-state index is 12.1. The van der Waals surface area contributed by atoms with E-state index in [1.165, 1.54) is 0 Å². The molecule has 0 bridgehead atoms. The highest BCUT2D eigenvalue weighted by Crippen LogP contribution is 2.37. The van der Waals surface area contributed by atoms with E-state index in [1.807, 2.05) is 0 Å². The van der Waals surface area contributed by atoms with Crippen molar-refractivity contribution in [3.05, 3.63) is 11.8 Å². The molecule has 1 saturated carbocycles. The van der Waals surface area contributed by atoms with E-state index in [0.29, 0.717) is 18.4 Å². The third-order valence-corrected chi connectivity index (χ3v) is 4.58. The zero-order valence-electron chi connectivity index (χ0n) is 10.8. The summed E-state index contributed by atoms with van der Waals surface area (Å²) in [6.07, 6.45) is 2.18. The quantitative estimate of drug-likeness (QED) is 0.743. The Hall–Kier alpha value is -1.41.